The minimum Gasteiger partial charge on any atom is -0.316 e. The summed E-state index contributed by atoms with van der Waals surface area (Å²) in [6.45, 7) is 9.09. The summed E-state index contributed by atoms with van der Waals surface area (Å²) in [6.07, 6.45) is 4.11. The molecule has 0 spiro atoms. The van der Waals surface area contributed by atoms with Crippen LogP contribution in [0.15, 0.2) is 24.3 Å². The first kappa shape index (κ1) is 13.6. The van der Waals surface area contributed by atoms with Gasteiger partial charge in [0.1, 0.15) is 0 Å². The third kappa shape index (κ3) is 3.84. The monoisotopic (exact) mass is 245 g/mol. The van der Waals surface area contributed by atoms with Gasteiger partial charge in [0, 0.05) is 0 Å². The van der Waals surface area contributed by atoms with E-state index in [1.54, 1.807) is 0 Å². The molecule has 0 bridgehead atoms. The fraction of sp³-hybridized carbons (Fsp3) is 0.647. The molecule has 0 aromatic heterocycles. The minimum atomic E-state index is 0.764. The molecule has 1 saturated carbocycles. The maximum absolute atomic E-state index is 3.61. The standard InChI is InChI=1S/C17H27N/c1-13(2)11-18-12-17-9-8-16(17)10-15-6-4-14(3)5-7-15/h4-7,13,16-18H,8-12H2,1-3H3. The summed E-state index contributed by atoms with van der Waals surface area (Å²) in [5, 5.41) is 3.61. The van der Waals surface area contributed by atoms with E-state index in [1.807, 2.05) is 0 Å². The SMILES string of the molecule is Cc1ccc(CC2CCC2CNCC(C)C)cc1. The van der Waals surface area contributed by atoms with Gasteiger partial charge in [-0.3, -0.25) is 0 Å². The van der Waals surface area contributed by atoms with Gasteiger partial charge >= 0.3 is 0 Å². The van der Waals surface area contributed by atoms with Crippen LogP contribution in [0.4, 0.5) is 0 Å². The Kier molecular flexibility index (Phi) is 4.82. The largest absolute Gasteiger partial charge is 0.316 e. The molecule has 1 aliphatic rings. The van der Waals surface area contributed by atoms with E-state index in [4.69, 9.17) is 0 Å². The summed E-state index contributed by atoms with van der Waals surface area (Å²) < 4.78 is 0. The third-order valence-electron chi connectivity index (χ3n) is 4.15. The van der Waals surface area contributed by atoms with E-state index in [9.17, 15) is 0 Å². The first-order valence-corrected chi connectivity index (χ1v) is 7.41. The molecule has 0 amide bonds. The van der Waals surface area contributed by atoms with Crippen molar-refractivity contribution in [3.8, 4) is 0 Å². The average Bonchev–Trinajstić information content (AvgIpc) is 2.32. The van der Waals surface area contributed by atoms with Gasteiger partial charge in [-0.25, -0.2) is 0 Å². The van der Waals surface area contributed by atoms with Crippen LogP contribution in [-0.4, -0.2) is 13.1 Å². The molecule has 0 saturated heterocycles. The lowest BCUT2D eigenvalue weighted by Gasteiger charge is -2.37. The van der Waals surface area contributed by atoms with Crippen LogP contribution in [0, 0.1) is 24.7 Å². The van der Waals surface area contributed by atoms with Gasteiger partial charge in [0.25, 0.3) is 0 Å². The van der Waals surface area contributed by atoms with Gasteiger partial charge in [-0.1, -0.05) is 43.7 Å². The summed E-state index contributed by atoms with van der Waals surface area (Å²) in [5.41, 5.74) is 2.88. The number of aryl methyl sites for hydroxylation is 1. The second-order valence-electron chi connectivity index (χ2n) is 6.34. The van der Waals surface area contributed by atoms with E-state index in [1.165, 1.54) is 36.9 Å². The zero-order valence-corrected chi connectivity index (χ0v) is 12.1. The van der Waals surface area contributed by atoms with E-state index in [-0.39, 0.29) is 0 Å². The van der Waals surface area contributed by atoms with Crippen LogP contribution in [-0.2, 0) is 6.42 Å². The summed E-state index contributed by atoms with van der Waals surface area (Å²) in [7, 11) is 0. The zero-order valence-electron chi connectivity index (χ0n) is 12.1. The molecule has 0 aliphatic heterocycles. The molecule has 0 heterocycles. The number of rotatable bonds is 6. The van der Waals surface area contributed by atoms with Gasteiger partial charge in [0.2, 0.25) is 0 Å². The summed E-state index contributed by atoms with van der Waals surface area (Å²) in [6, 6.07) is 9.07. The second-order valence-corrected chi connectivity index (χ2v) is 6.34. The number of hydrogen-bond donors (Lipinski definition) is 1. The number of nitrogens with one attached hydrogen (secondary N) is 1. The van der Waals surface area contributed by atoms with Crippen LogP contribution in [0.1, 0.15) is 37.8 Å². The van der Waals surface area contributed by atoms with Crippen LogP contribution < -0.4 is 5.32 Å². The highest BCUT2D eigenvalue weighted by atomic mass is 14.9. The second kappa shape index (κ2) is 6.38. The zero-order chi connectivity index (χ0) is 13.0. The van der Waals surface area contributed by atoms with Crippen molar-refractivity contribution in [2.45, 2.75) is 40.0 Å². The van der Waals surface area contributed by atoms with Crippen LogP contribution in [0.2, 0.25) is 0 Å². The van der Waals surface area contributed by atoms with Crippen molar-refractivity contribution >= 4 is 0 Å². The molecule has 2 unspecified atom stereocenters. The van der Waals surface area contributed by atoms with E-state index in [0.29, 0.717) is 0 Å². The molecule has 1 aromatic carbocycles. The van der Waals surface area contributed by atoms with Gasteiger partial charge < -0.3 is 5.32 Å². The fourth-order valence-electron chi connectivity index (χ4n) is 2.76. The van der Waals surface area contributed by atoms with Crippen molar-refractivity contribution in [2.75, 3.05) is 13.1 Å². The van der Waals surface area contributed by atoms with Crippen LogP contribution in [0.25, 0.3) is 0 Å². The highest BCUT2D eigenvalue weighted by molar-refractivity contribution is 5.22. The molecular formula is C17H27N. The molecule has 1 nitrogen and oxygen atoms in total. The molecule has 1 fully saturated rings. The Morgan fingerprint density at radius 3 is 2.33 bits per heavy atom. The average molecular weight is 245 g/mol. The predicted octanol–water partition coefficient (Wildman–Crippen LogP) is 3.81. The van der Waals surface area contributed by atoms with Crippen LogP contribution >= 0.6 is 0 Å². The quantitative estimate of drug-likeness (QED) is 0.803. The topological polar surface area (TPSA) is 12.0 Å². The first-order valence-electron chi connectivity index (χ1n) is 7.41. The molecule has 1 aromatic rings. The van der Waals surface area contributed by atoms with Crippen molar-refractivity contribution in [2.24, 2.45) is 17.8 Å². The Morgan fingerprint density at radius 1 is 1.11 bits per heavy atom. The van der Waals surface area contributed by atoms with Gasteiger partial charge in [-0.2, -0.15) is 0 Å². The van der Waals surface area contributed by atoms with E-state index < -0.39 is 0 Å². The molecule has 1 heteroatoms. The Hall–Kier alpha value is -0.820. The summed E-state index contributed by atoms with van der Waals surface area (Å²) in [5.74, 6) is 2.58. The summed E-state index contributed by atoms with van der Waals surface area (Å²) in [4.78, 5) is 0. The molecular weight excluding hydrogens is 218 g/mol. The Labute approximate surface area is 112 Å². The van der Waals surface area contributed by atoms with Crippen molar-refractivity contribution in [1.82, 2.24) is 5.32 Å². The van der Waals surface area contributed by atoms with E-state index >= 15 is 0 Å². The molecule has 1 N–H and O–H groups in total. The van der Waals surface area contributed by atoms with Crippen molar-refractivity contribution in [3.05, 3.63) is 35.4 Å². The predicted molar refractivity (Wildman–Crippen MR) is 78.8 cm³/mol. The van der Waals surface area contributed by atoms with Crippen molar-refractivity contribution in [1.29, 1.82) is 0 Å². The Balaban J connectivity index is 1.75. The van der Waals surface area contributed by atoms with Crippen molar-refractivity contribution in [3.63, 3.8) is 0 Å². The molecule has 0 radical (unpaired) electrons. The smallest absolute Gasteiger partial charge is 0.00176 e. The van der Waals surface area contributed by atoms with Crippen LogP contribution in [0.3, 0.4) is 0 Å². The van der Waals surface area contributed by atoms with Gasteiger partial charge in [-0.15, -0.1) is 0 Å². The van der Waals surface area contributed by atoms with E-state index in [2.05, 4.69) is 50.4 Å². The van der Waals surface area contributed by atoms with Crippen LogP contribution in [0.5, 0.6) is 0 Å². The first-order chi connectivity index (χ1) is 8.65. The van der Waals surface area contributed by atoms with Crippen molar-refractivity contribution < 1.29 is 0 Å². The highest BCUT2D eigenvalue weighted by Crippen LogP contribution is 2.36. The lowest BCUT2D eigenvalue weighted by atomic mass is 9.70. The number of hydrogen-bond acceptors (Lipinski definition) is 1. The third-order valence-corrected chi connectivity index (χ3v) is 4.15. The normalized spacial score (nSPS) is 23.1. The number of benzene rings is 1. The van der Waals surface area contributed by atoms with Gasteiger partial charge in [-0.05, 0) is 62.6 Å². The Morgan fingerprint density at radius 2 is 1.78 bits per heavy atom. The molecule has 1 aliphatic carbocycles. The summed E-state index contributed by atoms with van der Waals surface area (Å²) >= 11 is 0. The molecule has 18 heavy (non-hydrogen) atoms. The lowest BCUT2D eigenvalue weighted by Crippen LogP contribution is -2.37. The Bertz CT molecular complexity index is 352. The molecule has 2 atom stereocenters. The maximum atomic E-state index is 3.61. The fourth-order valence-corrected chi connectivity index (χ4v) is 2.76. The lowest BCUT2D eigenvalue weighted by molar-refractivity contribution is 0.169. The van der Waals surface area contributed by atoms with Gasteiger partial charge in [0.15, 0.2) is 0 Å². The molecule has 2 rings (SSSR count). The maximum Gasteiger partial charge on any atom is -0.00176 e. The molecule has 100 valence electrons. The highest BCUT2D eigenvalue weighted by Gasteiger charge is 2.30. The van der Waals surface area contributed by atoms with E-state index in [0.717, 1.165) is 24.3 Å². The van der Waals surface area contributed by atoms with Gasteiger partial charge in [0.05, 0.1) is 0 Å². The minimum absolute atomic E-state index is 0.764.